The summed E-state index contributed by atoms with van der Waals surface area (Å²) in [7, 11) is 0. The molecule has 0 aliphatic carbocycles. The third-order valence-electron chi connectivity index (χ3n) is 1.58. The first-order chi connectivity index (χ1) is 6.26. The molecule has 0 fully saturated rings. The highest BCUT2D eigenvalue weighted by Crippen LogP contribution is 2.07. The number of hydrogen-bond acceptors (Lipinski definition) is 2. The molecule has 0 bridgehead atoms. The summed E-state index contributed by atoms with van der Waals surface area (Å²) in [6, 6.07) is 0. The largest absolute Gasteiger partial charge is 0.463 e. The standard InChI is InChI=1S/C11H18O2/c1-4-7-9-10(8-5-2)11(12)13-6-3/h5,9H,2,4,6-8H2,1,3H3/b10-9+. The Morgan fingerprint density at radius 2 is 2.15 bits per heavy atom. The molecule has 0 aromatic heterocycles. The van der Waals surface area contributed by atoms with Gasteiger partial charge in [-0.05, 0) is 19.8 Å². The second kappa shape index (κ2) is 7.59. The smallest absolute Gasteiger partial charge is 0.333 e. The molecule has 0 amide bonds. The van der Waals surface area contributed by atoms with Crippen molar-refractivity contribution in [1.82, 2.24) is 0 Å². The topological polar surface area (TPSA) is 26.3 Å². The summed E-state index contributed by atoms with van der Waals surface area (Å²) >= 11 is 0. The molecule has 2 nitrogen and oxygen atoms in total. The highest BCUT2D eigenvalue weighted by molar-refractivity contribution is 5.88. The Bertz CT molecular complexity index is 192. The van der Waals surface area contributed by atoms with Crippen LogP contribution in [0.3, 0.4) is 0 Å². The average Bonchev–Trinajstić information content (AvgIpc) is 2.12. The summed E-state index contributed by atoms with van der Waals surface area (Å²) < 4.78 is 4.90. The average molecular weight is 182 g/mol. The zero-order chi connectivity index (χ0) is 10.1. The highest BCUT2D eigenvalue weighted by Gasteiger charge is 2.07. The van der Waals surface area contributed by atoms with Crippen LogP contribution in [0.4, 0.5) is 0 Å². The number of ether oxygens (including phenoxy) is 1. The Balaban J connectivity index is 4.21. The van der Waals surface area contributed by atoms with Gasteiger partial charge in [0, 0.05) is 5.57 Å². The van der Waals surface area contributed by atoms with Crippen molar-refractivity contribution in [2.75, 3.05) is 6.61 Å². The van der Waals surface area contributed by atoms with Crippen molar-refractivity contribution < 1.29 is 9.53 Å². The third-order valence-corrected chi connectivity index (χ3v) is 1.58. The van der Waals surface area contributed by atoms with Gasteiger partial charge in [-0.3, -0.25) is 0 Å². The summed E-state index contributed by atoms with van der Waals surface area (Å²) in [5.74, 6) is -0.212. The monoisotopic (exact) mass is 182 g/mol. The molecule has 0 N–H and O–H groups in total. The van der Waals surface area contributed by atoms with Gasteiger partial charge < -0.3 is 4.74 Å². The number of carbonyl (C=O) groups is 1. The predicted octanol–water partition coefficient (Wildman–Crippen LogP) is 2.85. The minimum atomic E-state index is -0.212. The fourth-order valence-corrected chi connectivity index (χ4v) is 0.948. The summed E-state index contributed by atoms with van der Waals surface area (Å²) in [6.07, 6.45) is 6.21. The van der Waals surface area contributed by atoms with Crippen molar-refractivity contribution in [3.8, 4) is 0 Å². The molecular weight excluding hydrogens is 164 g/mol. The molecule has 74 valence electrons. The summed E-state index contributed by atoms with van der Waals surface area (Å²) in [5, 5.41) is 0. The first-order valence-electron chi connectivity index (χ1n) is 4.73. The molecule has 0 rings (SSSR count). The van der Waals surface area contributed by atoms with Crippen molar-refractivity contribution in [3.05, 3.63) is 24.3 Å². The molecular formula is C11H18O2. The van der Waals surface area contributed by atoms with E-state index in [0.717, 1.165) is 18.4 Å². The van der Waals surface area contributed by atoms with Crippen molar-refractivity contribution in [3.63, 3.8) is 0 Å². The molecule has 0 aromatic rings. The number of unbranched alkanes of at least 4 members (excludes halogenated alkanes) is 1. The molecule has 13 heavy (non-hydrogen) atoms. The lowest BCUT2D eigenvalue weighted by Gasteiger charge is -2.03. The molecule has 0 aliphatic heterocycles. The summed E-state index contributed by atoms with van der Waals surface area (Å²) in [6.45, 7) is 7.92. The summed E-state index contributed by atoms with van der Waals surface area (Å²) in [4.78, 5) is 11.3. The van der Waals surface area contributed by atoms with Gasteiger partial charge in [0.2, 0.25) is 0 Å². The van der Waals surface area contributed by atoms with E-state index in [-0.39, 0.29) is 5.97 Å². The quantitative estimate of drug-likeness (QED) is 0.358. The summed E-state index contributed by atoms with van der Waals surface area (Å²) in [5.41, 5.74) is 0.721. The highest BCUT2D eigenvalue weighted by atomic mass is 16.5. The molecule has 0 spiro atoms. The van der Waals surface area contributed by atoms with Crippen molar-refractivity contribution in [2.45, 2.75) is 33.1 Å². The van der Waals surface area contributed by atoms with Crippen LogP contribution in [0.5, 0.6) is 0 Å². The van der Waals surface area contributed by atoms with Crippen molar-refractivity contribution >= 4 is 5.97 Å². The SMILES string of the molecule is C=CC/C(=C\CCC)C(=O)OCC. The molecule has 0 aliphatic rings. The van der Waals surface area contributed by atoms with Gasteiger partial charge >= 0.3 is 5.97 Å². The van der Waals surface area contributed by atoms with Gasteiger partial charge in [-0.1, -0.05) is 25.5 Å². The molecule has 0 radical (unpaired) electrons. The van der Waals surface area contributed by atoms with Crippen LogP contribution in [0.15, 0.2) is 24.3 Å². The predicted molar refractivity (Wildman–Crippen MR) is 54.4 cm³/mol. The van der Waals surface area contributed by atoms with Crippen LogP contribution in [-0.2, 0) is 9.53 Å². The van der Waals surface area contributed by atoms with Crippen LogP contribution in [-0.4, -0.2) is 12.6 Å². The number of carbonyl (C=O) groups excluding carboxylic acids is 1. The number of esters is 1. The zero-order valence-electron chi connectivity index (χ0n) is 8.51. The minimum Gasteiger partial charge on any atom is -0.463 e. The molecule has 0 saturated carbocycles. The zero-order valence-corrected chi connectivity index (χ0v) is 8.51. The Morgan fingerprint density at radius 1 is 1.46 bits per heavy atom. The number of allylic oxidation sites excluding steroid dienone is 2. The van der Waals surface area contributed by atoms with E-state index >= 15 is 0 Å². The molecule has 0 saturated heterocycles. The fraction of sp³-hybridized carbons (Fsp3) is 0.545. The molecule has 0 aromatic carbocycles. The van der Waals surface area contributed by atoms with Crippen LogP contribution in [0, 0.1) is 0 Å². The van der Waals surface area contributed by atoms with Gasteiger partial charge in [-0.25, -0.2) is 4.79 Å². The van der Waals surface area contributed by atoms with Gasteiger partial charge in [-0.2, -0.15) is 0 Å². The first kappa shape index (κ1) is 11.9. The maximum atomic E-state index is 11.3. The molecule has 2 heteroatoms. The second-order valence-corrected chi connectivity index (χ2v) is 2.73. The normalized spacial score (nSPS) is 11.1. The van der Waals surface area contributed by atoms with Crippen LogP contribution >= 0.6 is 0 Å². The lowest BCUT2D eigenvalue weighted by Crippen LogP contribution is -2.07. The van der Waals surface area contributed by atoms with E-state index in [1.165, 1.54) is 0 Å². The Labute approximate surface area is 80.3 Å². The Hall–Kier alpha value is -1.05. The second-order valence-electron chi connectivity index (χ2n) is 2.73. The van der Waals surface area contributed by atoms with E-state index in [1.807, 2.05) is 13.0 Å². The number of rotatable bonds is 6. The van der Waals surface area contributed by atoms with Crippen molar-refractivity contribution in [1.29, 1.82) is 0 Å². The Morgan fingerprint density at radius 3 is 2.62 bits per heavy atom. The van der Waals surface area contributed by atoms with Gasteiger partial charge in [-0.15, -0.1) is 6.58 Å². The lowest BCUT2D eigenvalue weighted by molar-refractivity contribution is -0.138. The van der Waals surface area contributed by atoms with Gasteiger partial charge in [0.1, 0.15) is 0 Å². The van der Waals surface area contributed by atoms with Gasteiger partial charge in [0.15, 0.2) is 0 Å². The molecule has 0 unspecified atom stereocenters. The van der Waals surface area contributed by atoms with Gasteiger partial charge in [0.05, 0.1) is 6.61 Å². The van der Waals surface area contributed by atoms with E-state index in [1.54, 1.807) is 6.08 Å². The van der Waals surface area contributed by atoms with E-state index in [9.17, 15) is 4.79 Å². The number of hydrogen-bond donors (Lipinski definition) is 0. The van der Waals surface area contributed by atoms with Crippen LogP contribution in [0.1, 0.15) is 33.1 Å². The van der Waals surface area contributed by atoms with Crippen LogP contribution < -0.4 is 0 Å². The third kappa shape index (κ3) is 5.23. The minimum absolute atomic E-state index is 0.212. The van der Waals surface area contributed by atoms with E-state index < -0.39 is 0 Å². The van der Waals surface area contributed by atoms with E-state index in [2.05, 4.69) is 13.5 Å². The first-order valence-corrected chi connectivity index (χ1v) is 4.73. The fourth-order valence-electron chi connectivity index (χ4n) is 0.948. The van der Waals surface area contributed by atoms with E-state index in [0.29, 0.717) is 13.0 Å². The Kier molecular flexibility index (Phi) is 6.98. The van der Waals surface area contributed by atoms with Gasteiger partial charge in [0.25, 0.3) is 0 Å². The molecule has 0 atom stereocenters. The maximum Gasteiger partial charge on any atom is 0.333 e. The van der Waals surface area contributed by atoms with Crippen LogP contribution in [0.25, 0.3) is 0 Å². The molecule has 0 heterocycles. The van der Waals surface area contributed by atoms with E-state index in [4.69, 9.17) is 4.74 Å². The van der Waals surface area contributed by atoms with Crippen LogP contribution in [0.2, 0.25) is 0 Å². The maximum absolute atomic E-state index is 11.3. The van der Waals surface area contributed by atoms with Crippen molar-refractivity contribution in [2.24, 2.45) is 0 Å². The lowest BCUT2D eigenvalue weighted by atomic mass is 10.1.